The number of rotatable bonds is 7. The minimum absolute atomic E-state index is 0.0580. The van der Waals surface area contributed by atoms with Crippen LogP contribution in [-0.4, -0.2) is 20.1 Å². The van der Waals surface area contributed by atoms with Gasteiger partial charge < -0.3 is 5.32 Å². The van der Waals surface area contributed by atoms with Gasteiger partial charge in [-0.2, -0.15) is 4.72 Å². The second-order valence-corrected chi connectivity index (χ2v) is 10.6. The Bertz CT molecular complexity index is 1320. The molecule has 1 amide bonds. The van der Waals surface area contributed by atoms with Crippen molar-refractivity contribution in [1.29, 1.82) is 0 Å². The molecule has 170 valence electrons. The van der Waals surface area contributed by atoms with E-state index in [4.69, 9.17) is 0 Å². The van der Waals surface area contributed by atoms with Crippen LogP contribution < -0.4 is 10.0 Å². The van der Waals surface area contributed by atoms with Gasteiger partial charge in [0.05, 0.1) is 4.90 Å². The summed E-state index contributed by atoms with van der Waals surface area (Å²) in [5.74, 6) is -0.354. The van der Waals surface area contributed by atoms with Crippen molar-refractivity contribution in [3.05, 3.63) is 93.5 Å². The van der Waals surface area contributed by atoms with E-state index >= 15 is 0 Å². The van der Waals surface area contributed by atoms with E-state index in [9.17, 15) is 18.0 Å². The highest BCUT2D eigenvalue weighted by atomic mass is 79.9. The van der Waals surface area contributed by atoms with Crippen LogP contribution in [-0.2, 0) is 32.5 Å². The monoisotopic (exact) mass is 526 g/mol. The predicted octanol–water partition coefficient (Wildman–Crippen LogP) is 4.47. The molecule has 0 radical (unpaired) electrons. The lowest BCUT2D eigenvalue weighted by molar-refractivity contribution is -0.120. The second-order valence-electron chi connectivity index (χ2n) is 8.07. The molecule has 33 heavy (non-hydrogen) atoms. The average Bonchev–Trinajstić information content (AvgIpc) is 2.79. The first kappa shape index (κ1) is 23.4. The molecule has 3 aromatic carbocycles. The number of carbonyl (C=O) groups is 2. The van der Waals surface area contributed by atoms with E-state index < -0.39 is 16.1 Å². The van der Waals surface area contributed by atoms with Crippen LogP contribution in [0.4, 0.5) is 5.69 Å². The minimum atomic E-state index is -4.00. The molecule has 2 N–H and O–H groups in total. The molecule has 1 heterocycles. The molecular formula is C25H23BrN2O4S. The fraction of sp³-hybridized carbons (Fsp3) is 0.200. The molecule has 1 aliphatic heterocycles. The normalized spacial score (nSPS) is 14.3. The van der Waals surface area contributed by atoms with Crippen molar-refractivity contribution in [3.63, 3.8) is 0 Å². The number of anilines is 1. The first-order valence-corrected chi connectivity index (χ1v) is 12.8. The van der Waals surface area contributed by atoms with Gasteiger partial charge in [0.1, 0.15) is 6.04 Å². The molecule has 0 bridgehead atoms. The SMILES string of the molecule is Cc1ccc(CC(=O)C(NS(=O)(=O)c2ccc3c(c2)CCC(=O)N3)c2ccccc2)c(Br)c1. The molecule has 3 aromatic rings. The van der Waals surface area contributed by atoms with Crippen molar-refractivity contribution in [1.82, 2.24) is 4.72 Å². The highest BCUT2D eigenvalue weighted by Gasteiger charge is 2.28. The van der Waals surface area contributed by atoms with Gasteiger partial charge in [0, 0.05) is 23.0 Å². The highest BCUT2D eigenvalue weighted by molar-refractivity contribution is 9.10. The molecule has 1 aliphatic rings. The minimum Gasteiger partial charge on any atom is -0.326 e. The summed E-state index contributed by atoms with van der Waals surface area (Å²) < 4.78 is 30.0. The number of carbonyl (C=O) groups excluding carboxylic acids is 2. The number of sulfonamides is 1. The lowest BCUT2D eigenvalue weighted by atomic mass is 9.98. The maximum Gasteiger partial charge on any atom is 0.241 e. The molecule has 6 nitrogen and oxygen atoms in total. The van der Waals surface area contributed by atoms with E-state index in [1.165, 1.54) is 6.07 Å². The van der Waals surface area contributed by atoms with Crippen LogP contribution in [0.25, 0.3) is 0 Å². The van der Waals surface area contributed by atoms with E-state index in [2.05, 4.69) is 26.0 Å². The second kappa shape index (κ2) is 9.59. The Morgan fingerprint density at radius 1 is 1.06 bits per heavy atom. The van der Waals surface area contributed by atoms with E-state index in [-0.39, 0.29) is 23.0 Å². The number of benzene rings is 3. The Morgan fingerprint density at radius 2 is 1.82 bits per heavy atom. The maximum atomic E-state index is 13.3. The van der Waals surface area contributed by atoms with Crippen molar-refractivity contribution in [2.24, 2.45) is 0 Å². The maximum absolute atomic E-state index is 13.3. The first-order valence-electron chi connectivity index (χ1n) is 10.5. The molecule has 1 unspecified atom stereocenters. The summed E-state index contributed by atoms with van der Waals surface area (Å²) in [7, 11) is -4.00. The Labute approximate surface area is 201 Å². The Morgan fingerprint density at radius 3 is 2.55 bits per heavy atom. The zero-order chi connectivity index (χ0) is 23.6. The largest absolute Gasteiger partial charge is 0.326 e. The van der Waals surface area contributed by atoms with Crippen LogP contribution in [0.1, 0.15) is 34.7 Å². The Hall–Kier alpha value is -2.81. The third-order valence-electron chi connectivity index (χ3n) is 5.58. The number of hydrogen-bond acceptors (Lipinski definition) is 4. The van der Waals surface area contributed by atoms with Crippen LogP contribution >= 0.6 is 15.9 Å². The number of halogens is 1. The first-order chi connectivity index (χ1) is 15.7. The molecule has 0 saturated carbocycles. The number of hydrogen-bond donors (Lipinski definition) is 2. The molecule has 4 rings (SSSR count). The van der Waals surface area contributed by atoms with Gasteiger partial charge in [-0.05, 0) is 59.9 Å². The van der Waals surface area contributed by atoms with Gasteiger partial charge in [-0.1, -0.05) is 58.4 Å². The van der Waals surface area contributed by atoms with Gasteiger partial charge in [0.2, 0.25) is 15.9 Å². The van der Waals surface area contributed by atoms with Crippen molar-refractivity contribution in [2.45, 2.75) is 37.1 Å². The quantitative estimate of drug-likeness (QED) is 0.474. The molecule has 0 aromatic heterocycles. The van der Waals surface area contributed by atoms with Crippen molar-refractivity contribution < 1.29 is 18.0 Å². The molecule has 0 fully saturated rings. The lowest BCUT2D eigenvalue weighted by Gasteiger charge is -2.21. The summed E-state index contributed by atoms with van der Waals surface area (Å²) in [5, 5.41) is 2.75. The van der Waals surface area contributed by atoms with Crippen LogP contribution in [0.2, 0.25) is 0 Å². The van der Waals surface area contributed by atoms with E-state index in [0.717, 1.165) is 21.2 Å². The zero-order valence-electron chi connectivity index (χ0n) is 18.0. The number of aryl methyl sites for hydroxylation is 2. The smallest absolute Gasteiger partial charge is 0.241 e. The standard InChI is InChI=1S/C25H23BrN2O4S/c1-16-7-8-18(21(26)13-16)15-23(29)25(17-5-3-2-4-6-17)28-33(31,32)20-10-11-22-19(14-20)9-12-24(30)27-22/h2-8,10-11,13-14,25,28H,9,12,15H2,1H3,(H,27,30). The third kappa shape index (κ3) is 5.40. The summed E-state index contributed by atoms with van der Waals surface area (Å²) >= 11 is 3.50. The number of ketones is 1. The van der Waals surface area contributed by atoms with Crippen molar-refractivity contribution >= 4 is 43.3 Å². The highest BCUT2D eigenvalue weighted by Crippen LogP contribution is 2.28. The number of fused-ring (bicyclic) bond motifs is 1. The Balaban J connectivity index is 1.64. The fourth-order valence-electron chi connectivity index (χ4n) is 3.80. The lowest BCUT2D eigenvalue weighted by Crippen LogP contribution is -2.35. The van der Waals surface area contributed by atoms with Crippen LogP contribution in [0.3, 0.4) is 0 Å². The molecule has 8 heteroatoms. The summed E-state index contributed by atoms with van der Waals surface area (Å²) in [6.45, 7) is 1.96. The summed E-state index contributed by atoms with van der Waals surface area (Å²) in [4.78, 5) is 25.0. The number of nitrogens with one attached hydrogen (secondary N) is 2. The third-order valence-corrected chi connectivity index (χ3v) is 7.74. The van der Waals surface area contributed by atoms with Crippen LogP contribution in [0.15, 0.2) is 76.1 Å². The summed E-state index contributed by atoms with van der Waals surface area (Å²) in [5.41, 5.74) is 3.78. The van der Waals surface area contributed by atoms with Crippen LogP contribution in [0, 0.1) is 6.92 Å². The molecule has 1 atom stereocenters. The topological polar surface area (TPSA) is 92.3 Å². The molecule has 0 aliphatic carbocycles. The van der Waals surface area contributed by atoms with E-state index in [1.807, 2.05) is 31.2 Å². The molecule has 0 saturated heterocycles. The van der Waals surface area contributed by atoms with E-state index in [1.54, 1.807) is 36.4 Å². The molecule has 0 spiro atoms. The van der Waals surface area contributed by atoms with Crippen molar-refractivity contribution in [2.75, 3.05) is 5.32 Å². The van der Waals surface area contributed by atoms with Gasteiger partial charge >= 0.3 is 0 Å². The Kier molecular flexibility index (Phi) is 6.78. The summed E-state index contributed by atoms with van der Waals surface area (Å²) in [6, 6.07) is 18.1. The van der Waals surface area contributed by atoms with Crippen LogP contribution in [0.5, 0.6) is 0 Å². The van der Waals surface area contributed by atoms with Gasteiger partial charge in [0.25, 0.3) is 0 Å². The zero-order valence-corrected chi connectivity index (χ0v) is 20.4. The average molecular weight is 527 g/mol. The van der Waals surface area contributed by atoms with Gasteiger partial charge in [-0.15, -0.1) is 0 Å². The van der Waals surface area contributed by atoms with Gasteiger partial charge in [0.15, 0.2) is 5.78 Å². The summed E-state index contributed by atoms with van der Waals surface area (Å²) in [6.07, 6.45) is 0.840. The van der Waals surface area contributed by atoms with Gasteiger partial charge in [-0.3, -0.25) is 9.59 Å². The number of amides is 1. The predicted molar refractivity (Wildman–Crippen MR) is 130 cm³/mol. The van der Waals surface area contributed by atoms with Gasteiger partial charge in [-0.25, -0.2) is 8.42 Å². The number of Topliss-reactive ketones (excluding diaryl/α,β-unsaturated/α-hetero) is 1. The molecular weight excluding hydrogens is 504 g/mol. The fourth-order valence-corrected chi connectivity index (χ4v) is 5.69. The van der Waals surface area contributed by atoms with Crippen molar-refractivity contribution in [3.8, 4) is 0 Å². The van der Waals surface area contributed by atoms with E-state index in [0.29, 0.717) is 24.1 Å².